The molecule has 4 nitrogen and oxygen atoms in total. The molecule has 0 aliphatic heterocycles. The molecule has 1 fully saturated rings. The first-order valence-electron chi connectivity index (χ1n) is 7.08. The van der Waals surface area contributed by atoms with E-state index in [4.69, 9.17) is 0 Å². The maximum atomic E-state index is 12.4. The van der Waals surface area contributed by atoms with Crippen molar-refractivity contribution in [2.75, 3.05) is 7.05 Å². The zero-order valence-electron chi connectivity index (χ0n) is 11.7. The molecule has 0 atom stereocenters. The molecule has 0 N–H and O–H groups in total. The van der Waals surface area contributed by atoms with Crippen molar-refractivity contribution in [3.8, 4) is 0 Å². The monoisotopic (exact) mass is 327 g/mol. The van der Waals surface area contributed by atoms with Crippen LogP contribution in [0.4, 0.5) is 0 Å². The predicted octanol–water partition coefficient (Wildman–Crippen LogP) is 3.20. The van der Waals surface area contributed by atoms with Crippen molar-refractivity contribution in [3.05, 3.63) is 16.4 Å². The molecule has 0 unspecified atom stereocenters. The molecule has 1 saturated carbocycles. The summed E-state index contributed by atoms with van der Waals surface area (Å²) in [5.74, 6) is 0.519. The Hall–Kier alpha value is -0.840. The van der Waals surface area contributed by atoms with Gasteiger partial charge in [-0.3, -0.25) is 9.48 Å². The van der Waals surface area contributed by atoms with Crippen LogP contribution in [-0.2, 0) is 17.9 Å². The van der Waals surface area contributed by atoms with E-state index in [1.165, 1.54) is 19.3 Å². The highest BCUT2D eigenvalue weighted by atomic mass is 79.9. The van der Waals surface area contributed by atoms with Crippen LogP contribution < -0.4 is 0 Å². The number of hydrogen-bond acceptors (Lipinski definition) is 2. The number of carbonyl (C=O) groups excluding carboxylic acids is 1. The summed E-state index contributed by atoms with van der Waals surface area (Å²) in [7, 11) is 1.90. The predicted molar refractivity (Wildman–Crippen MR) is 78.7 cm³/mol. The highest BCUT2D eigenvalue weighted by molar-refractivity contribution is 9.10. The van der Waals surface area contributed by atoms with Crippen molar-refractivity contribution < 1.29 is 4.79 Å². The molecule has 1 aliphatic carbocycles. The quantitative estimate of drug-likeness (QED) is 0.851. The number of halogens is 1. The second-order valence-electron chi connectivity index (χ2n) is 5.28. The third-order valence-electron chi connectivity index (χ3n) is 3.91. The lowest BCUT2D eigenvalue weighted by Gasteiger charge is -2.26. The van der Waals surface area contributed by atoms with Crippen LogP contribution in [0.25, 0.3) is 0 Å². The summed E-state index contributed by atoms with van der Waals surface area (Å²) in [5, 5.41) is 4.29. The molecule has 0 radical (unpaired) electrons. The Bertz CT molecular complexity index is 438. The Balaban J connectivity index is 2.01. The van der Waals surface area contributed by atoms with E-state index < -0.39 is 0 Å². The minimum atomic E-state index is 0.232. The van der Waals surface area contributed by atoms with Gasteiger partial charge in [-0.25, -0.2) is 0 Å². The van der Waals surface area contributed by atoms with Crippen LogP contribution in [0.1, 0.15) is 44.7 Å². The van der Waals surface area contributed by atoms with Crippen molar-refractivity contribution in [1.29, 1.82) is 0 Å². The normalized spacial score (nSPS) is 16.6. The van der Waals surface area contributed by atoms with Gasteiger partial charge in [-0.1, -0.05) is 19.3 Å². The molecule has 0 aromatic carbocycles. The van der Waals surface area contributed by atoms with Crippen molar-refractivity contribution in [2.24, 2.45) is 5.92 Å². The number of aromatic nitrogens is 2. The maximum Gasteiger partial charge on any atom is 0.225 e. The molecule has 1 heterocycles. The Morgan fingerprint density at radius 3 is 2.79 bits per heavy atom. The van der Waals surface area contributed by atoms with Crippen molar-refractivity contribution >= 4 is 21.8 Å². The van der Waals surface area contributed by atoms with E-state index in [0.717, 1.165) is 29.6 Å². The fourth-order valence-corrected chi connectivity index (χ4v) is 3.20. The molecule has 106 valence electrons. The summed E-state index contributed by atoms with van der Waals surface area (Å²) in [5.41, 5.74) is 1.08. The van der Waals surface area contributed by atoms with E-state index in [1.807, 2.05) is 16.6 Å². The Morgan fingerprint density at radius 1 is 1.47 bits per heavy atom. The Kier molecular flexibility index (Phi) is 5.02. The highest BCUT2D eigenvalue weighted by Gasteiger charge is 2.25. The molecule has 1 amide bonds. The van der Waals surface area contributed by atoms with E-state index in [-0.39, 0.29) is 11.8 Å². The fourth-order valence-electron chi connectivity index (χ4n) is 2.78. The molecule has 0 spiro atoms. The van der Waals surface area contributed by atoms with Crippen LogP contribution in [0.3, 0.4) is 0 Å². The number of rotatable bonds is 4. The smallest absolute Gasteiger partial charge is 0.225 e. The standard InChI is InChI=1S/C14H22BrN3O/c1-3-18-13(12(15)9-16-18)10-17(2)14(19)11-7-5-4-6-8-11/h9,11H,3-8,10H2,1-2H3. The van der Waals surface area contributed by atoms with E-state index in [2.05, 4.69) is 28.0 Å². The topological polar surface area (TPSA) is 38.1 Å². The van der Waals surface area contributed by atoms with Gasteiger partial charge in [-0.15, -0.1) is 0 Å². The van der Waals surface area contributed by atoms with Gasteiger partial charge in [0.2, 0.25) is 5.91 Å². The van der Waals surface area contributed by atoms with Crippen molar-refractivity contribution in [3.63, 3.8) is 0 Å². The van der Waals surface area contributed by atoms with E-state index in [0.29, 0.717) is 6.54 Å². The third kappa shape index (κ3) is 3.38. The first-order valence-corrected chi connectivity index (χ1v) is 7.88. The maximum absolute atomic E-state index is 12.4. The van der Waals surface area contributed by atoms with Gasteiger partial charge in [0.15, 0.2) is 0 Å². The summed E-state index contributed by atoms with van der Waals surface area (Å²) >= 11 is 3.51. The third-order valence-corrected chi connectivity index (χ3v) is 4.58. The number of carbonyl (C=O) groups is 1. The fraction of sp³-hybridized carbons (Fsp3) is 0.714. The van der Waals surface area contributed by atoms with Crippen LogP contribution in [0, 0.1) is 5.92 Å². The van der Waals surface area contributed by atoms with Gasteiger partial charge in [-0.2, -0.15) is 5.10 Å². The van der Waals surface area contributed by atoms with Crippen molar-refractivity contribution in [2.45, 2.75) is 52.1 Å². The summed E-state index contributed by atoms with van der Waals surface area (Å²) in [6.45, 7) is 3.52. The van der Waals surface area contributed by atoms with Gasteiger partial charge in [0.1, 0.15) is 0 Å². The van der Waals surface area contributed by atoms with Gasteiger partial charge in [-0.05, 0) is 35.7 Å². The summed E-state index contributed by atoms with van der Waals surface area (Å²) in [6, 6.07) is 0. The molecule has 2 rings (SSSR count). The first kappa shape index (κ1) is 14.6. The molecule has 1 aliphatic rings. The summed E-state index contributed by atoms with van der Waals surface area (Å²) < 4.78 is 2.92. The van der Waals surface area contributed by atoms with E-state index >= 15 is 0 Å². The average Bonchev–Trinajstić information content (AvgIpc) is 2.79. The number of amides is 1. The summed E-state index contributed by atoms with van der Waals surface area (Å²) in [4.78, 5) is 14.3. The zero-order chi connectivity index (χ0) is 13.8. The molecule has 19 heavy (non-hydrogen) atoms. The SMILES string of the molecule is CCn1ncc(Br)c1CN(C)C(=O)C1CCCCC1. The van der Waals surface area contributed by atoms with Crippen LogP contribution in [0.5, 0.6) is 0 Å². The zero-order valence-corrected chi connectivity index (χ0v) is 13.3. The molecule has 0 bridgehead atoms. The largest absolute Gasteiger partial charge is 0.340 e. The Labute approximate surface area is 123 Å². The van der Waals surface area contributed by atoms with Gasteiger partial charge in [0, 0.05) is 19.5 Å². The molecule has 0 saturated heterocycles. The van der Waals surface area contributed by atoms with Gasteiger partial charge >= 0.3 is 0 Å². The van der Waals surface area contributed by atoms with Crippen LogP contribution >= 0.6 is 15.9 Å². The minimum absolute atomic E-state index is 0.232. The van der Waals surface area contributed by atoms with Crippen molar-refractivity contribution in [1.82, 2.24) is 14.7 Å². The van der Waals surface area contributed by atoms with Crippen LogP contribution in [-0.4, -0.2) is 27.6 Å². The Morgan fingerprint density at radius 2 is 2.16 bits per heavy atom. The molecular weight excluding hydrogens is 306 g/mol. The highest BCUT2D eigenvalue weighted by Crippen LogP contribution is 2.26. The molecule has 5 heteroatoms. The van der Waals surface area contributed by atoms with E-state index in [9.17, 15) is 4.79 Å². The first-order chi connectivity index (χ1) is 9.13. The minimum Gasteiger partial charge on any atom is -0.340 e. The second kappa shape index (κ2) is 6.55. The lowest BCUT2D eigenvalue weighted by Crippen LogP contribution is -2.34. The molecule has 1 aromatic rings. The van der Waals surface area contributed by atoms with Gasteiger partial charge in [0.05, 0.1) is 22.9 Å². The number of nitrogens with zero attached hydrogens (tertiary/aromatic N) is 3. The summed E-state index contributed by atoms with van der Waals surface area (Å²) in [6.07, 6.45) is 7.58. The lowest BCUT2D eigenvalue weighted by atomic mass is 9.88. The molecule has 1 aromatic heterocycles. The van der Waals surface area contributed by atoms with Crippen LogP contribution in [0.15, 0.2) is 10.7 Å². The van der Waals surface area contributed by atoms with Gasteiger partial charge in [0.25, 0.3) is 0 Å². The number of hydrogen-bond donors (Lipinski definition) is 0. The average molecular weight is 328 g/mol. The second-order valence-corrected chi connectivity index (χ2v) is 6.14. The molecular formula is C14H22BrN3O. The van der Waals surface area contributed by atoms with E-state index in [1.54, 1.807) is 6.20 Å². The van der Waals surface area contributed by atoms with Crippen LogP contribution in [0.2, 0.25) is 0 Å². The van der Waals surface area contributed by atoms with Gasteiger partial charge < -0.3 is 4.90 Å². The lowest BCUT2D eigenvalue weighted by molar-refractivity contribution is -0.135. The number of aryl methyl sites for hydroxylation is 1.